The summed E-state index contributed by atoms with van der Waals surface area (Å²) >= 11 is 0. The van der Waals surface area contributed by atoms with Gasteiger partial charge in [0.1, 0.15) is 11.9 Å². The lowest BCUT2D eigenvalue weighted by Gasteiger charge is -2.24. The van der Waals surface area contributed by atoms with Crippen LogP contribution in [0.4, 0.5) is 40.1 Å². The van der Waals surface area contributed by atoms with E-state index in [4.69, 9.17) is 9.57 Å². The quantitative estimate of drug-likeness (QED) is 0.601. The van der Waals surface area contributed by atoms with Gasteiger partial charge in [0.2, 0.25) is 5.95 Å². The van der Waals surface area contributed by atoms with Gasteiger partial charge in [-0.1, -0.05) is 0 Å². The van der Waals surface area contributed by atoms with Crippen molar-refractivity contribution in [3.63, 3.8) is 0 Å². The van der Waals surface area contributed by atoms with Crippen molar-refractivity contribution in [2.24, 2.45) is 0 Å². The van der Waals surface area contributed by atoms with E-state index >= 15 is 4.39 Å². The number of nitrogens with zero attached hydrogens (tertiary/aromatic N) is 5. The number of ether oxygens (including phenoxy) is 1. The number of amides is 4. The summed E-state index contributed by atoms with van der Waals surface area (Å²) in [6, 6.07) is 5.20. The summed E-state index contributed by atoms with van der Waals surface area (Å²) in [7, 11) is 0. The van der Waals surface area contributed by atoms with E-state index in [1.807, 2.05) is 5.32 Å². The van der Waals surface area contributed by atoms with Crippen LogP contribution < -0.4 is 20.4 Å². The first-order valence-corrected chi connectivity index (χ1v) is 10.9. The number of alkyl halides is 2. The number of hydroxylamine groups is 2. The van der Waals surface area contributed by atoms with Gasteiger partial charge in [-0.15, -0.1) is 0 Å². The highest BCUT2D eigenvalue weighted by Crippen LogP contribution is 2.28. The molecule has 12 nitrogen and oxygen atoms in total. The number of hydrogen-bond acceptors (Lipinski definition) is 8. The summed E-state index contributed by atoms with van der Waals surface area (Å²) in [6.07, 6.45) is -1.86. The van der Waals surface area contributed by atoms with Crippen molar-refractivity contribution in [3.05, 3.63) is 42.5 Å². The van der Waals surface area contributed by atoms with Crippen LogP contribution in [0.2, 0.25) is 0 Å². The number of carbonyl (C=O) groups excluding carboxylic acids is 3. The number of nitrogens with one attached hydrogen (secondary N) is 2. The predicted octanol–water partition coefficient (Wildman–Crippen LogP) is 1.61. The molecular formula is C21H22F3N7O5. The molecule has 0 spiro atoms. The summed E-state index contributed by atoms with van der Waals surface area (Å²) in [5.41, 5.74) is 0.447. The van der Waals surface area contributed by atoms with E-state index in [2.05, 4.69) is 15.3 Å². The fraction of sp³-hybridized carbons (Fsp3) is 0.381. The van der Waals surface area contributed by atoms with Gasteiger partial charge in [-0.2, -0.15) is 8.78 Å². The van der Waals surface area contributed by atoms with Crippen LogP contribution in [0.25, 0.3) is 0 Å². The molecule has 2 N–H and O–H groups in total. The molecule has 1 aromatic carbocycles. The van der Waals surface area contributed by atoms with Crippen molar-refractivity contribution < 1.29 is 37.1 Å². The van der Waals surface area contributed by atoms with Crippen LogP contribution in [0.3, 0.4) is 0 Å². The van der Waals surface area contributed by atoms with E-state index in [9.17, 15) is 23.2 Å². The molecule has 15 heteroatoms. The molecule has 1 atom stereocenters. The Hall–Kier alpha value is -4.14. The van der Waals surface area contributed by atoms with Gasteiger partial charge in [-0.3, -0.25) is 19.8 Å². The summed E-state index contributed by atoms with van der Waals surface area (Å²) in [5.74, 6) is -1.97. The van der Waals surface area contributed by atoms with Gasteiger partial charge < -0.3 is 15.0 Å². The van der Waals surface area contributed by atoms with Crippen molar-refractivity contribution in [1.82, 2.24) is 20.3 Å². The highest BCUT2D eigenvalue weighted by Gasteiger charge is 2.33. The first-order chi connectivity index (χ1) is 17.3. The van der Waals surface area contributed by atoms with E-state index in [1.165, 1.54) is 24.5 Å². The fourth-order valence-corrected chi connectivity index (χ4v) is 3.62. The summed E-state index contributed by atoms with van der Waals surface area (Å²) < 4.78 is 44.7. The lowest BCUT2D eigenvalue weighted by molar-refractivity contribution is -0.132. The summed E-state index contributed by atoms with van der Waals surface area (Å²) in [5, 5.41) is 5.60. The van der Waals surface area contributed by atoms with E-state index in [1.54, 1.807) is 11.0 Å². The second kappa shape index (κ2) is 11.1. The largest absolute Gasteiger partial charge is 0.442 e. The molecule has 3 heterocycles. The number of hydrogen-bond donors (Lipinski definition) is 2. The van der Waals surface area contributed by atoms with Crippen molar-refractivity contribution >= 4 is 35.4 Å². The third kappa shape index (κ3) is 5.91. The van der Waals surface area contributed by atoms with Crippen molar-refractivity contribution in [3.8, 4) is 0 Å². The van der Waals surface area contributed by atoms with Gasteiger partial charge in [0.05, 0.1) is 37.6 Å². The Morgan fingerprint density at radius 1 is 1.17 bits per heavy atom. The SMILES string of the molecule is O=C(NCC1CN(c2ccc(N3CCON(C(=O)Nc4ncccn4)CC3)c(F)c2)C(=O)O1)C(F)F. The standard InChI is InChI=1S/C21H22F3N7O5/c22-15-10-13(30-12-14(36-21(30)34)11-27-18(32)17(23)24)2-3-16(15)29-6-7-31(35-9-8-29)20(33)28-19-25-4-1-5-26-19/h1-5,10,14,17H,6-9,11-12H2,(H,27,32)(H,25,26,28,33). The average molecular weight is 509 g/mol. The van der Waals surface area contributed by atoms with E-state index in [-0.39, 0.29) is 50.1 Å². The minimum atomic E-state index is -3.18. The Morgan fingerprint density at radius 2 is 1.94 bits per heavy atom. The number of rotatable bonds is 6. The molecule has 0 aliphatic carbocycles. The topological polar surface area (TPSA) is 129 Å². The highest BCUT2D eigenvalue weighted by atomic mass is 19.3. The number of halogens is 3. The molecular weight excluding hydrogens is 487 g/mol. The van der Waals surface area contributed by atoms with Crippen LogP contribution in [0, 0.1) is 5.82 Å². The van der Waals surface area contributed by atoms with Gasteiger partial charge in [-0.05, 0) is 24.3 Å². The Kier molecular flexibility index (Phi) is 7.68. The molecule has 192 valence electrons. The molecule has 1 aromatic heterocycles. The number of anilines is 3. The van der Waals surface area contributed by atoms with Gasteiger partial charge in [0, 0.05) is 25.5 Å². The van der Waals surface area contributed by atoms with E-state index in [0.29, 0.717) is 6.54 Å². The fourth-order valence-electron chi connectivity index (χ4n) is 3.62. The predicted molar refractivity (Wildman–Crippen MR) is 119 cm³/mol. The van der Waals surface area contributed by atoms with E-state index < -0.39 is 36.4 Å². The molecule has 2 fully saturated rings. The lowest BCUT2D eigenvalue weighted by Crippen LogP contribution is -2.37. The van der Waals surface area contributed by atoms with Crippen LogP contribution >= 0.6 is 0 Å². The van der Waals surface area contributed by atoms with Crippen molar-refractivity contribution in [2.45, 2.75) is 12.5 Å². The summed E-state index contributed by atoms with van der Waals surface area (Å²) in [4.78, 5) is 51.7. The first-order valence-electron chi connectivity index (χ1n) is 10.9. The zero-order chi connectivity index (χ0) is 25.7. The molecule has 2 aliphatic rings. The number of carbonyl (C=O) groups is 3. The second-order valence-corrected chi connectivity index (χ2v) is 7.72. The maximum atomic E-state index is 15.0. The number of cyclic esters (lactones) is 1. The molecule has 1 unspecified atom stereocenters. The van der Waals surface area contributed by atoms with Crippen molar-refractivity contribution in [1.29, 1.82) is 0 Å². The van der Waals surface area contributed by atoms with Gasteiger partial charge in [0.25, 0.3) is 5.91 Å². The number of benzene rings is 1. The zero-order valence-electron chi connectivity index (χ0n) is 18.8. The Labute approximate surface area is 202 Å². The van der Waals surface area contributed by atoms with Gasteiger partial charge in [0.15, 0.2) is 0 Å². The molecule has 4 rings (SSSR count). The van der Waals surface area contributed by atoms with Crippen LogP contribution in [-0.2, 0) is 14.4 Å². The second-order valence-electron chi connectivity index (χ2n) is 7.72. The Morgan fingerprint density at radius 3 is 2.67 bits per heavy atom. The first kappa shape index (κ1) is 25.0. The minimum absolute atomic E-state index is 0.0477. The lowest BCUT2D eigenvalue weighted by atomic mass is 10.2. The average Bonchev–Trinajstić information content (AvgIpc) is 3.07. The Balaban J connectivity index is 1.35. The normalized spacial score (nSPS) is 18.2. The molecule has 0 radical (unpaired) electrons. The highest BCUT2D eigenvalue weighted by molar-refractivity contribution is 5.90. The molecule has 2 aliphatic heterocycles. The van der Waals surface area contributed by atoms with Crippen LogP contribution in [0.1, 0.15) is 0 Å². The van der Waals surface area contributed by atoms with Gasteiger partial charge in [-0.25, -0.2) is 29.0 Å². The Bertz CT molecular complexity index is 1110. The van der Waals surface area contributed by atoms with Gasteiger partial charge >= 0.3 is 18.5 Å². The molecule has 2 saturated heterocycles. The third-order valence-corrected chi connectivity index (χ3v) is 5.35. The maximum absolute atomic E-state index is 15.0. The molecule has 4 amide bonds. The summed E-state index contributed by atoms with van der Waals surface area (Å²) in [6.45, 7) is 0.448. The van der Waals surface area contributed by atoms with E-state index in [0.717, 1.165) is 16.0 Å². The van der Waals surface area contributed by atoms with Crippen LogP contribution in [-0.4, -0.2) is 84.9 Å². The van der Waals surface area contributed by atoms with Crippen LogP contribution in [0.5, 0.6) is 0 Å². The monoisotopic (exact) mass is 509 g/mol. The van der Waals surface area contributed by atoms with Crippen molar-refractivity contribution in [2.75, 3.05) is 54.4 Å². The smallest absolute Gasteiger partial charge is 0.414 e. The number of aromatic nitrogens is 2. The maximum Gasteiger partial charge on any atom is 0.414 e. The molecule has 0 saturated carbocycles. The zero-order valence-corrected chi connectivity index (χ0v) is 18.8. The molecule has 2 aromatic rings. The number of urea groups is 1. The van der Waals surface area contributed by atoms with Crippen LogP contribution in [0.15, 0.2) is 36.7 Å². The molecule has 0 bridgehead atoms. The third-order valence-electron chi connectivity index (χ3n) is 5.35. The minimum Gasteiger partial charge on any atom is -0.442 e. The molecule has 36 heavy (non-hydrogen) atoms.